The summed E-state index contributed by atoms with van der Waals surface area (Å²) >= 11 is 0. The predicted molar refractivity (Wildman–Crippen MR) is 101 cm³/mol. The van der Waals surface area contributed by atoms with Crippen LogP contribution in [0.4, 0.5) is 0 Å². The molecule has 0 atom stereocenters. The van der Waals surface area contributed by atoms with Crippen molar-refractivity contribution in [2.45, 2.75) is 44.4 Å². The van der Waals surface area contributed by atoms with E-state index >= 15 is 0 Å². The first kappa shape index (κ1) is 23.1. The molecule has 4 rings (SSSR count). The van der Waals surface area contributed by atoms with Gasteiger partial charge in [-0.2, -0.15) is 0 Å². The summed E-state index contributed by atoms with van der Waals surface area (Å²) in [7, 11) is -3.52. The fraction of sp³-hybridized carbons (Fsp3) is 0.474. The van der Waals surface area contributed by atoms with Crippen LogP contribution in [0, 0.1) is 13.8 Å². The summed E-state index contributed by atoms with van der Waals surface area (Å²) in [5, 5.41) is 2.77. The van der Waals surface area contributed by atoms with E-state index in [9.17, 15) is 18.0 Å². The minimum Gasteiger partial charge on any atom is -1.00 e. The molecule has 0 aliphatic carbocycles. The summed E-state index contributed by atoms with van der Waals surface area (Å²) in [5.41, 5.74) is 1.22. The number of nitrogens with zero attached hydrogens (tertiary/aromatic N) is 1. The van der Waals surface area contributed by atoms with Crippen LogP contribution in [0.5, 0.6) is 0 Å². The summed E-state index contributed by atoms with van der Waals surface area (Å²) < 4.78 is 38.6. The monoisotopic (exact) mass is 446 g/mol. The minimum atomic E-state index is -3.52. The van der Waals surface area contributed by atoms with E-state index in [0.29, 0.717) is 36.4 Å². The van der Waals surface area contributed by atoms with E-state index in [0.717, 1.165) is 0 Å². The Morgan fingerprint density at radius 1 is 1.28 bits per heavy atom. The largest absolute Gasteiger partial charge is 1.00 e. The van der Waals surface area contributed by atoms with Crippen molar-refractivity contribution in [1.29, 1.82) is 0 Å². The number of carbonyl (C=O) groups excluding carboxylic acids is 1. The molecular formula is C19H23KN2O6S. The molecule has 1 saturated heterocycles. The maximum atomic E-state index is 13.2. The Morgan fingerprint density at radius 2 is 1.93 bits per heavy atom. The second-order valence-electron chi connectivity index (χ2n) is 7.15. The molecule has 1 aromatic carbocycles. The maximum Gasteiger partial charge on any atom is 1.00 e. The van der Waals surface area contributed by atoms with Crippen LogP contribution in [0.1, 0.15) is 47.4 Å². The van der Waals surface area contributed by atoms with Gasteiger partial charge < -0.3 is 16.0 Å². The number of aromatic nitrogens is 2. The van der Waals surface area contributed by atoms with Gasteiger partial charge in [-0.05, 0) is 38.0 Å². The van der Waals surface area contributed by atoms with Crippen LogP contribution in [-0.2, 0) is 31.6 Å². The van der Waals surface area contributed by atoms with Gasteiger partial charge >= 0.3 is 51.4 Å². The van der Waals surface area contributed by atoms with Crippen molar-refractivity contribution in [1.82, 2.24) is 9.78 Å². The van der Waals surface area contributed by atoms with Crippen molar-refractivity contribution in [3.8, 4) is 0 Å². The van der Waals surface area contributed by atoms with Crippen molar-refractivity contribution in [3.05, 3.63) is 50.4 Å². The van der Waals surface area contributed by atoms with E-state index in [2.05, 4.69) is 5.10 Å². The molecule has 1 spiro atoms. The zero-order valence-electron chi connectivity index (χ0n) is 18.0. The average Bonchev–Trinajstić information content (AvgIpc) is 3.27. The van der Waals surface area contributed by atoms with Crippen molar-refractivity contribution < 1.29 is 75.5 Å². The molecule has 3 heterocycles. The molecule has 0 unspecified atom stereocenters. The standard InChI is InChI=1S/C19H22N2O6S.K.H/c1-4-21-18(23)14(10-20-21)16(22)13-9-11(2)17-15(12(13)3)19(26-6-7-27-19)5-8-28(17,24)25;;/h9-10,20H,4-8H2,1-3H3;;/q;+1;-1. The number of hydrogen-bond donors (Lipinski definition) is 1. The third-order valence-corrected chi connectivity index (χ3v) is 7.41. The number of sulfone groups is 1. The molecule has 1 N–H and O–H groups in total. The number of fused-ring (bicyclic) bond motifs is 2. The molecule has 0 radical (unpaired) electrons. The number of rotatable bonds is 3. The van der Waals surface area contributed by atoms with Crippen LogP contribution >= 0.6 is 0 Å². The first-order valence-electron chi connectivity index (χ1n) is 9.20. The quantitative estimate of drug-likeness (QED) is 0.456. The van der Waals surface area contributed by atoms with Gasteiger partial charge in [0.25, 0.3) is 5.56 Å². The van der Waals surface area contributed by atoms with E-state index < -0.39 is 27.0 Å². The van der Waals surface area contributed by atoms with Gasteiger partial charge in [-0.3, -0.25) is 14.3 Å². The predicted octanol–water partition coefficient (Wildman–Crippen LogP) is -1.46. The van der Waals surface area contributed by atoms with Crippen molar-refractivity contribution in [2.75, 3.05) is 19.0 Å². The second-order valence-corrected chi connectivity index (χ2v) is 9.20. The molecule has 0 saturated carbocycles. The number of aryl methyl sites for hydroxylation is 2. The SMILES string of the molecule is CCn1[nH]cc(C(=O)c2cc(C)c3c(c2C)C2(CCS3(=O)=O)OCCO2)c1=O.[H-].[K+]. The smallest absolute Gasteiger partial charge is 1.00 e. The van der Waals surface area contributed by atoms with Gasteiger partial charge in [0.2, 0.25) is 0 Å². The number of hydrogen-bond acceptors (Lipinski definition) is 6. The maximum absolute atomic E-state index is 13.2. The van der Waals surface area contributed by atoms with Crippen molar-refractivity contribution >= 4 is 15.6 Å². The first-order chi connectivity index (χ1) is 13.2. The molecule has 0 bridgehead atoms. The number of ketones is 1. The van der Waals surface area contributed by atoms with E-state index in [4.69, 9.17) is 9.47 Å². The van der Waals surface area contributed by atoms with Crippen LogP contribution in [0.25, 0.3) is 0 Å². The molecule has 1 fully saturated rings. The fourth-order valence-corrected chi connectivity index (χ4v) is 6.09. The molecule has 8 nitrogen and oxygen atoms in total. The van der Waals surface area contributed by atoms with Gasteiger partial charge in [0.05, 0.1) is 23.9 Å². The molecule has 2 aliphatic heterocycles. The zero-order chi connectivity index (χ0) is 20.3. The molecule has 2 aliphatic rings. The van der Waals surface area contributed by atoms with Gasteiger partial charge in [0.1, 0.15) is 5.56 Å². The van der Waals surface area contributed by atoms with E-state index in [1.165, 1.54) is 10.9 Å². The summed E-state index contributed by atoms with van der Waals surface area (Å²) in [6.07, 6.45) is 1.56. The number of H-pyrrole nitrogens is 1. The average molecular weight is 447 g/mol. The fourth-order valence-electron chi connectivity index (χ4n) is 4.18. The summed E-state index contributed by atoms with van der Waals surface area (Å²) in [6.45, 7) is 6.26. The number of ether oxygens (including phenoxy) is 2. The summed E-state index contributed by atoms with van der Waals surface area (Å²) in [5.74, 6) is -1.69. The van der Waals surface area contributed by atoms with Crippen LogP contribution < -0.4 is 56.9 Å². The number of carbonyl (C=O) groups is 1. The Morgan fingerprint density at radius 3 is 2.52 bits per heavy atom. The number of aromatic amines is 1. The van der Waals surface area contributed by atoms with E-state index in [1.807, 2.05) is 0 Å². The Balaban J connectivity index is 0.00000160. The molecule has 1 aromatic heterocycles. The van der Waals surface area contributed by atoms with Crippen molar-refractivity contribution in [2.24, 2.45) is 0 Å². The van der Waals surface area contributed by atoms with Gasteiger partial charge in [-0.15, -0.1) is 0 Å². The Hall–Kier alpha value is -0.594. The topological polar surface area (TPSA) is 107 Å². The van der Waals surface area contributed by atoms with Gasteiger partial charge in [0.15, 0.2) is 21.4 Å². The number of nitrogens with one attached hydrogen (secondary N) is 1. The third kappa shape index (κ3) is 3.57. The molecule has 152 valence electrons. The normalized spacial score (nSPS) is 19.0. The second kappa shape index (κ2) is 8.16. The Kier molecular flexibility index (Phi) is 6.49. The Bertz CT molecular complexity index is 1150. The van der Waals surface area contributed by atoms with Crippen LogP contribution in [0.3, 0.4) is 0 Å². The Labute approximate surface area is 212 Å². The number of benzene rings is 1. The van der Waals surface area contributed by atoms with Gasteiger partial charge in [0, 0.05) is 30.3 Å². The molecule has 10 heteroatoms. The summed E-state index contributed by atoms with van der Waals surface area (Å²) in [4.78, 5) is 25.7. The van der Waals surface area contributed by atoms with Crippen LogP contribution in [-0.4, -0.2) is 42.9 Å². The first-order valence-corrected chi connectivity index (χ1v) is 10.9. The minimum absolute atomic E-state index is 0. The molecule has 0 amide bonds. The molecule has 29 heavy (non-hydrogen) atoms. The van der Waals surface area contributed by atoms with Gasteiger partial charge in [-0.25, -0.2) is 8.42 Å². The van der Waals surface area contributed by atoms with E-state index in [1.54, 1.807) is 26.8 Å². The van der Waals surface area contributed by atoms with E-state index in [-0.39, 0.29) is 81.0 Å². The molecular weight excluding hydrogens is 423 g/mol. The van der Waals surface area contributed by atoms with Crippen LogP contribution in [0.2, 0.25) is 0 Å². The van der Waals surface area contributed by atoms with Gasteiger partial charge in [-0.1, -0.05) is 0 Å². The van der Waals surface area contributed by atoms with Crippen molar-refractivity contribution in [3.63, 3.8) is 0 Å². The molecule has 2 aromatic rings. The zero-order valence-corrected chi connectivity index (χ0v) is 20.9. The summed E-state index contributed by atoms with van der Waals surface area (Å²) in [6, 6.07) is 1.55. The third-order valence-electron chi connectivity index (χ3n) is 5.52. The van der Waals surface area contributed by atoms with Crippen LogP contribution in [0.15, 0.2) is 22.0 Å².